The van der Waals surface area contributed by atoms with Crippen LogP contribution in [0.3, 0.4) is 0 Å². The highest BCUT2D eigenvalue weighted by molar-refractivity contribution is 7.47. The molecule has 0 radical (unpaired) electrons. The van der Waals surface area contributed by atoms with Gasteiger partial charge in [-0.1, -0.05) is 406 Å². The number of nitrogens with zero attached hydrogens (tertiary/aromatic N) is 1. The number of hydrogen-bond acceptors (Lipinski definition) is 7. The van der Waals surface area contributed by atoms with Crippen LogP contribution in [0.25, 0.3) is 0 Å². The van der Waals surface area contributed by atoms with E-state index in [1.807, 2.05) is 21.1 Å². The van der Waals surface area contributed by atoms with Crippen LogP contribution >= 0.6 is 7.82 Å². The molecule has 0 fully saturated rings. The van der Waals surface area contributed by atoms with Crippen molar-refractivity contribution in [1.29, 1.82) is 0 Å². The average Bonchev–Trinajstić information content (AvgIpc) is 1.08. The fraction of sp³-hybridized carbons (Fsp3) is 0.795. The van der Waals surface area contributed by atoms with Crippen molar-refractivity contribution in [3.8, 4) is 0 Å². The molecule has 0 aliphatic heterocycles. The minimum absolute atomic E-state index is 0.0274. The zero-order chi connectivity index (χ0) is 71.1. The Morgan fingerprint density at radius 3 is 0.867 bits per heavy atom. The van der Waals surface area contributed by atoms with Gasteiger partial charge in [-0.25, -0.2) is 4.57 Å². The molecule has 0 bridgehead atoms. The molecule has 0 heterocycles. The molecule has 98 heavy (non-hydrogen) atoms. The number of quaternary nitrogens is 1. The van der Waals surface area contributed by atoms with Crippen LogP contribution in [0.5, 0.6) is 0 Å². The Balaban J connectivity index is 3.93. The van der Waals surface area contributed by atoms with E-state index in [1.165, 1.54) is 270 Å². The summed E-state index contributed by atoms with van der Waals surface area (Å²) < 4.78 is 34.8. The summed E-state index contributed by atoms with van der Waals surface area (Å²) in [6.45, 7) is 4.36. The second kappa shape index (κ2) is 78.1. The van der Waals surface area contributed by atoms with Gasteiger partial charge in [-0.15, -0.1) is 0 Å². The highest BCUT2D eigenvalue weighted by atomic mass is 31.2. The van der Waals surface area contributed by atoms with E-state index in [-0.39, 0.29) is 32.0 Å². The Hall–Kier alpha value is -3.07. The molecule has 0 aromatic rings. The van der Waals surface area contributed by atoms with Crippen molar-refractivity contribution in [2.24, 2.45) is 0 Å². The molecule has 2 atom stereocenters. The largest absolute Gasteiger partial charge is 0.472 e. The van der Waals surface area contributed by atoms with Crippen LogP contribution in [0.4, 0.5) is 0 Å². The van der Waals surface area contributed by atoms with Gasteiger partial charge in [-0.3, -0.25) is 18.6 Å². The third kappa shape index (κ3) is 81.9. The first kappa shape index (κ1) is 94.9. The van der Waals surface area contributed by atoms with E-state index in [0.717, 1.165) is 96.3 Å². The second-order valence-corrected chi connectivity index (χ2v) is 30.9. The zero-order valence-corrected chi connectivity index (χ0v) is 66.2. The molecule has 0 aromatic heterocycles. The van der Waals surface area contributed by atoms with Crippen molar-refractivity contribution in [2.45, 2.75) is 405 Å². The fourth-order valence-electron chi connectivity index (χ4n) is 12.3. The second-order valence-electron chi connectivity index (χ2n) is 29.5. The summed E-state index contributed by atoms with van der Waals surface area (Å²) in [4.78, 5) is 36.0. The molecule has 9 nitrogen and oxygen atoms in total. The molecule has 570 valence electrons. The normalized spacial score (nSPS) is 13.5. The van der Waals surface area contributed by atoms with Gasteiger partial charge in [0.15, 0.2) is 6.10 Å². The lowest BCUT2D eigenvalue weighted by Crippen LogP contribution is -2.37. The maximum atomic E-state index is 12.9. The summed E-state index contributed by atoms with van der Waals surface area (Å²) in [6, 6.07) is 0. The quantitative estimate of drug-likeness (QED) is 0.0211. The maximum Gasteiger partial charge on any atom is 0.472 e. The molecule has 2 unspecified atom stereocenters. The Kier molecular flexibility index (Phi) is 75.6. The number of unbranched alkanes of at least 4 members (excludes halogenated alkanes) is 48. The first-order chi connectivity index (χ1) is 48.0. The number of phosphoric ester groups is 1. The van der Waals surface area contributed by atoms with Gasteiger partial charge >= 0.3 is 19.8 Å². The van der Waals surface area contributed by atoms with Crippen LogP contribution in [0.15, 0.2) is 97.2 Å². The first-order valence-electron chi connectivity index (χ1n) is 42.0. The van der Waals surface area contributed by atoms with E-state index in [0.29, 0.717) is 17.4 Å². The van der Waals surface area contributed by atoms with Gasteiger partial charge in [-0.05, 0) is 77.0 Å². The third-order valence-electron chi connectivity index (χ3n) is 18.6. The highest BCUT2D eigenvalue weighted by Gasteiger charge is 2.27. The van der Waals surface area contributed by atoms with Gasteiger partial charge in [-0.2, -0.15) is 0 Å². The molecule has 0 saturated carbocycles. The Morgan fingerprint density at radius 1 is 0.327 bits per heavy atom. The number of rotatable bonds is 78. The van der Waals surface area contributed by atoms with Gasteiger partial charge in [0.1, 0.15) is 19.8 Å². The van der Waals surface area contributed by atoms with Crippen molar-refractivity contribution < 1.29 is 42.1 Å². The van der Waals surface area contributed by atoms with E-state index in [1.54, 1.807) is 0 Å². The zero-order valence-electron chi connectivity index (χ0n) is 65.3. The molecule has 0 aromatic carbocycles. The molecule has 0 rings (SSSR count). The predicted octanol–water partition coefficient (Wildman–Crippen LogP) is 28.2. The topological polar surface area (TPSA) is 108 Å². The van der Waals surface area contributed by atoms with Gasteiger partial charge in [0.25, 0.3) is 0 Å². The number of carbonyl (C=O) groups excluding carboxylic acids is 2. The van der Waals surface area contributed by atoms with Crippen molar-refractivity contribution >= 4 is 19.8 Å². The summed E-state index contributed by atoms with van der Waals surface area (Å²) >= 11 is 0. The third-order valence-corrected chi connectivity index (χ3v) is 19.6. The van der Waals surface area contributed by atoms with E-state index in [2.05, 4.69) is 111 Å². The summed E-state index contributed by atoms with van der Waals surface area (Å²) in [6.07, 6.45) is 110. The monoisotopic (exact) mass is 1390 g/mol. The Labute approximate surface area is 608 Å². The number of likely N-dealkylation sites (N-methyl/N-ethyl adjacent to an activating group) is 1. The van der Waals surface area contributed by atoms with Gasteiger partial charge in [0, 0.05) is 12.8 Å². The number of carbonyl (C=O) groups is 2. The van der Waals surface area contributed by atoms with Crippen molar-refractivity contribution in [3.05, 3.63) is 97.2 Å². The lowest BCUT2D eigenvalue weighted by Gasteiger charge is -2.24. The number of hydrogen-bond donors (Lipinski definition) is 1. The molecule has 0 amide bonds. The van der Waals surface area contributed by atoms with Crippen LogP contribution < -0.4 is 0 Å². The molecule has 0 aliphatic carbocycles. The SMILES string of the molecule is CC/C=C\C/C=C\C/C=C\C/C=C\C/C=C\C/C=C\C/C=C\C/C=C\CCCCCCCCCCC(=O)OC(COC(=O)CCCCCCCCCCCCCCCCCCCCCCCCCCCCCCCCCCCCCCCCCCC)COP(=O)(O)OCC[N+](C)(C)C. The smallest absolute Gasteiger partial charge is 0.462 e. The van der Waals surface area contributed by atoms with E-state index in [4.69, 9.17) is 18.5 Å². The van der Waals surface area contributed by atoms with Crippen LogP contribution in [0, 0.1) is 0 Å². The van der Waals surface area contributed by atoms with Crippen molar-refractivity contribution in [1.82, 2.24) is 0 Å². The molecule has 10 heteroatoms. The lowest BCUT2D eigenvalue weighted by molar-refractivity contribution is -0.870. The standard InChI is InChI=1S/C88H160NO8P/c1-6-8-10-12-14-16-18-20-22-24-26-28-30-32-34-36-38-40-41-42-43-44-45-46-47-49-50-52-54-56-58-60-62-64-66-68-70-72-74-76-78-80-87(90)94-84-86(85-96-98(92,93)95-83-82-89(3,4)5)97-88(91)81-79-77-75-73-71-69-67-65-63-61-59-57-55-53-51-48-39-37-35-33-31-29-27-25-23-21-19-17-15-13-11-9-7-2/h9,11,15,17,21,23,27,29,33,35,39,48,53,55,59,61,86H,6-8,10,12-14,16,18-20,22,24-26,28,30-32,34,36-38,40-47,49-52,54,56-58,60,62-85H2,1-5H3/p+1/b11-9-,17-15-,23-21-,29-27-,35-33-,48-39-,55-53-,61-59-. The summed E-state index contributed by atoms with van der Waals surface area (Å²) in [5.41, 5.74) is 0. The minimum Gasteiger partial charge on any atom is -0.462 e. The van der Waals surface area contributed by atoms with E-state index >= 15 is 0 Å². The molecule has 0 spiro atoms. The number of ether oxygens (including phenoxy) is 2. The minimum atomic E-state index is -4.40. The Morgan fingerprint density at radius 2 is 0.582 bits per heavy atom. The van der Waals surface area contributed by atoms with Crippen molar-refractivity contribution in [2.75, 3.05) is 47.5 Å². The van der Waals surface area contributed by atoms with Gasteiger partial charge in [0.05, 0.1) is 27.7 Å². The summed E-state index contributed by atoms with van der Waals surface area (Å²) in [5.74, 6) is -0.795. The molecular formula is C88H161NO8P+. The number of esters is 2. The van der Waals surface area contributed by atoms with E-state index < -0.39 is 26.5 Å². The number of phosphoric acid groups is 1. The first-order valence-corrected chi connectivity index (χ1v) is 43.5. The van der Waals surface area contributed by atoms with Crippen LogP contribution in [0.2, 0.25) is 0 Å². The molecule has 0 saturated heterocycles. The fourth-order valence-corrected chi connectivity index (χ4v) is 13.0. The Bertz CT molecular complexity index is 1980. The molecular weight excluding hydrogens is 1230 g/mol. The summed E-state index contributed by atoms with van der Waals surface area (Å²) in [5, 5.41) is 0. The average molecular weight is 1390 g/mol. The van der Waals surface area contributed by atoms with Gasteiger partial charge < -0.3 is 18.9 Å². The highest BCUT2D eigenvalue weighted by Crippen LogP contribution is 2.43. The van der Waals surface area contributed by atoms with Crippen LogP contribution in [-0.4, -0.2) is 74.9 Å². The summed E-state index contributed by atoms with van der Waals surface area (Å²) in [7, 11) is 1.48. The van der Waals surface area contributed by atoms with Crippen molar-refractivity contribution in [3.63, 3.8) is 0 Å². The molecule has 0 aliphatic rings. The number of allylic oxidation sites excluding steroid dienone is 16. The van der Waals surface area contributed by atoms with Crippen LogP contribution in [-0.2, 0) is 32.7 Å². The maximum absolute atomic E-state index is 12.9. The van der Waals surface area contributed by atoms with Gasteiger partial charge in [0.2, 0.25) is 0 Å². The predicted molar refractivity (Wildman–Crippen MR) is 427 cm³/mol. The van der Waals surface area contributed by atoms with Crippen LogP contribution in [0.1, 0.15) is 399 Å². The van der Waals surface area contributed by atoms with E-state index in [9.17, 15) is 19.0 Å². The molecule has 1 N–H and O–H groups in total. The lowest BCUT2D eigenvalue weighted by atomic mass is 10.0.